The Labute approximate surface area is 166 Å². The van der Waals surface area contributed by atoms with Crippen LogP contribution in [0.1, 0.15) is 54.1 Å². The summed E-state index contributed by atoms with van der Waals surface area (Å²) in [7, 11) is 1.61. The quantitative estimate of drug-likeness (QED) is 0.659. The Morgan fingerprint density at radius 3 is 2.59 bits per heavy atom. The van der Waals surface area contributed by atoms with Gasteiger partial charge in [0.1, 0.15) is 5.75 Å². The summed E-state index contributed by atoms with van der Waals surface area (Å²) in [4.78, 5) is 15.4. The number of benzene rings is 2. The maximum atomic E-state index is 13.5. The van der Waals surface area contributed by atoms with Crippen LogP contribution < -0.4 is 4.74 Å². The lowest BCUT2D eigenvalue weighted by Crippen LogP contribution is -2.53. The van der Waals surface area contributed by atoms with Gasteiger partial charge in [-0.05, 0) is 37.0 Å². The molecule has 1 aliphatic heterocycles. The van der Waals surface area contributed by atoms with E-state index in [2.05, 4.69) is 24.3 Å². The molecule has 1 heterocycles. The molecule has 2 fully saturated rings. The van der Waals surface area contributed by atoms with Crippen molar-refractivity contribution in [3.63, 3.8) is 0 Å². The van der Waals surface area contributed by atoms with Crippen molar-refractivity contribution in [1.82, 2.24) is 4.90 Å². The van der Waals surface area contributed by atoms with Gasteiger partial charge in [0.25, 0.3) is 5.91 Å². The number of methoxy groups -OCH3 is 1. The van der Waals surface area contributed by atoms with E-state index in [1.54, 1.807) is 7.11 Å². The highest BCUT2D eigenvalue weighted by molar-refractivity contribution is 6.24. The summed E-state index contributed by atoms with van der Waals surface area (Å²) in [6.07, 6.45) is 5.32. The van der Waals surface area contributed by atoms with Crippen LogP contribution in [0.4, 0.5) is 0 Å². The monoisotopic (exact) mass is 383 g/mol. The zero-order chi connectivity index (χ0) is 18.9. The van der Waals surface area contributed by atoms with Gasteiger partial charge in [-0.1, -0.05) is 55.3 Å². The maximum Gasteiger partial charge on any atom is 0.258 e. The van der Waals surface area contributed by atoms with Crippen molar-refractivity contribution < 1.29 is 9.53 Å². The topological polar surface area (TPSA) is 29.5 Å². The van der Waals surface area contributed by atoms with Crippen LogP contribution in [0.5, 0.6) is 5.75 Å². The molecule has 2 aliphatic rings. The van der Waals surface area contributed by atoms with Crippen LogP contribution >= 0.6 is 11.6 Å². The second-order valence-electron chi connectivity index (χ2n) is 7.69. The van der Waals surface area contributed by atoms with E-state index in [1.165, 1.54) is 18.4 Å². The van der Waals surface area contributed by atoms with Crippen molar-refractivity contribution in [2.45, 2.75) is 43.0 Å². The van der Waals surface area contributed by atoms with E-state index in [1.807, 2.05) is 35.2 Å². The van der Waals surface area contributed by atoms with Crippen LogP contribution in [0.25, 0.3) is 0 Å². The van der Waals surface area contributed by atoms with E-state index in [-0.39, 0.29) is 22.7 Å². The largest absolute Gasteiger partial charge is 0.496 e. The lowest BCUT2D eigenvalue weighted by Gasteiger charge is -2.52. The molecule has 2 aromatic carbocycles. The van der Waals surface area contributed by atoms with Gasteiger partial charge in [0.2, 0.25) is 0 Å². The Balaban J connectivity index is 1.75. The van der Waals surface area contributed by atoms with Crippen molar-refractivity contribution in [2.24, 2.45) is 5.92 Å². The molecule has 142 valence electrons. The van der Waals surface area contributed by atoms with E-state index < -0.39 is 0 Å². The summed E-state index contributed by atoms with van der Waals surface area (Å²) in [6.45, 7) is 0.677. The van der Waals surface area contributed by atoms with Gasteiger partial charge in [-0.2, -0.15) is 0 Å². The van der Waals surface area contributed by atoms with Gasteiger partial charge in [0.05, 0.1) is 23.6 Å². The Morgan fingerprint density at radius 1 is 1.07 bits per heavy atom. The van der Waals surface area contributed by atoms with Gasteiger partial charge >= 0.3 is 0 Å². The van der Waals surface area contributed by atoms with Gasteiger partial charge in [-0.15, -0.1) is 11.6 Å². The van der Waals surface area contributed by atoms with E-state index in [0.29, 0.717) is 17.9 Å². The SMILES string of the molecule is COc1ccccc1C(=O)N1CC[C@@]2(Cl)CCCC[C@@H]2[C@@H]1c1ccccc1. The number of piperidine rings is 1. The third kappa shape index (κ3) is 3.34. The van der Waals surface area contributed by atoms with Crippen LogP contribution in [0.3, 0.4) is 0 Å². The predicted molar refractivity (Wildman–Crippen MR) is 108 cm³/mol. The van der Waals surface area contributed by atoms with Crippen molar-refractivity contribution >= 4 is 17.5 Å². The molecule has 4 heteroatoms. The number of hydrogen-bond donors (Lipinski definition) is 0. The fourth-order valence-corrected chi connectivity index (χ4v) is 5.35. The molecule has 0 radical (unpaired) electrons. The number of carbonyl (C=O) groups excluding carboxylic acids is 1. The first kappa shape index (κ1) is 18.4. The Kier molecular flexibility index (Phi) is 5.14. The average molecular weight is 384 g/mol. The molecule has 0 unspecified atom stereocenters. The van der Waals surface area contributed by atoms with Crippen molar-refractivity contribution in [3.8, 4) is 5.75 Å². The first-order valence-corrected chi connectivity index (χ1v) is 10.2. The van der Waals surface area contributed by atoms with Gasteiger partial charge in [0.15, 0.2) is 0 Å². The van der Waals surface area contributed by atoms with Gasteiger partial charge < -0.3 is 9.64 Å². The van der Waals surface area contributed by atoms with E-state index in [9.17, 15) is 4.79 Å². The highest BCUT2D eigenvalue weighted by atomic mass is 35.5. The lowest BCUT2D eigenvalue weighted by atomic mass is 9.68. The second-order valence-corrected chi connectivity index (χ2v) is 8.44. The number of nitrogens with zero attached hydrogens (tertiary/aromatic N) is 1. The zero-order valence-electron chi connectivity index (χ0n) is 15.7. The third-order valence-electron chi connectivity index (χ3n) is 6.25. The number of alkyl halides is 1. The van der Waals surface area contributed by atoms with Crippen LogP contribution in [-0.2, 0) is 0 Å². The number of hydrogen-bond acceptors (Lipinski definition) is 2. The van der Waals surface area contributed by atoms with Gasteiger partial charge in [0, 0.05) is 12.5 Å². The average Bonchev–Trinajstić information content (AvgIpc) is 2.72. The molecular formula is C23H26ClNO2. The zero-order valence-corrected chi connectivity index (χ0v) is 16.5. The predicted octanol–water partition coefficient (Wildman–Crippen LogP) is 5.45. The second kappa shape index (κ2) is 7.55. The summed E-state index contributed by atoms with van der Waals surface area (Å²) in [6, 6.07) is 17.9. The summed E-state index contributed by atoms with van der Waals surface area (Å²) in [5.41, 5.74) is 1.80. The summed E-state index contributed by atoms with van der Waals surface area (Å²) >= 11 is 7.13. The highest BCUT2D eigenvalue weighted by Crippen LogP contribution is 2.53. The van der Waals surface area contributed by atoms with Crippen molar-refractivity contribution in [3.05, 3.63) is 65.7 Å². The van der Waals surface area contributed by atoms with E-state index >= 15 is 0 Å². The standard InChI is InChI=1S/C23H26ClNO2/c1-27-20-13-6-5-11-18(20)22(26)25-16-15-23(24)14-8-7-12-19(23)21(25)17-9-3-2-4-10-17/h2-6,9-11,13,19,21H,7-8,12,14-16H2,1H3/t19-,21+,23+/m1/s1. The minimum absolute atomic E-state index is 0.00941. The third-order valence-corrected chi connectivity index (χ3v) is 6.90. The Bertz CT molecular complexity index is 809. The van der Waals surface area contributed by atoms with Crippen molar-refractivity contribution in [2.75, 3.05) is 13.7 Å². The number of para-hydroxylation sites is 1. The molecular weight excluding hydrogens is 358 g/mol. The van der Waals surface area contributed by atoms with Crippen LogP contribution in [-0.4, -0.2) is 29.3 Å². The first-order chi connectivity index (χ1) is 13.1. The van der Waals surface area contributed by atoms with Crippen molar-refractivity contribution in [1.29, 1.82) is 0 Å². The number of rotatable bonds is 3. The molecule has 1 amide bonds. The molecule has 3 nitrogen and oxygen atoms in total. The van der Waals surface area contributed by atoms with Crippen LogP contribution in [0.2, 0.25) is 0 Å². The number of fused-ring (bicyclic) bond motifs is 1. The molecule has 4 rings (SSSR count). The molecule has 2 aromatic rings. The normalized spacial score (nSPS) is 27.7. The first-order valence-electron chi connectivity index (χ1n) is 9.82. The Morgan fingerprint density at radius 2 is 1.81 bits per heavy atom. The van der Waals surface area contributed by atoms with E-state index in [4.69, 9.17) is 16.3 Å². The fraction of sp³-hybridized carbons (Fsp3) is 0.435. The highest BCUT2D eigenvalue weighted by Gasteiger charge is 2.50. The smallest absolute Gasteiger partial charge is 0.258 e. The lowest BCUT2D eigenvalue weighted by molar-refractivity contribution is 0.0277. The molecule has 1 saturated carbocycles. The summed E-state index contributed by atoms with van der Waals surface area (Å²) < 4.78 is 5.45. The number of amides is 1. The van der Waals surface area contributed by atoms with Gasteiger partial charge in [-0.3, -0.25) is 4.79 Å². The minimum Gasteiger partial charge on any atom is -0.496 e. The summed E-state index contributed by atoms with van der Waals surface area (Å²) in [5, 5.41) is 0. The van der Waals surface area contributed by atoms with Crippen LogP contribution in [0.15, 0.2) is 54.6 Å². The van der Waals surface area contributed by atoms with Gasteiger partial charge in [-0.25, -0.2) is 0 Å². The fourth-order valence-electron chi connectivity index (χ4n) is 4.91. The molecule has 27 heavy (non-hydrogen) atoms. The molecule has 1 aliphatic carbocycles. The Hall–Kier alpha value is -2.00. The van der Waals surface area contributed by atoms with Crippen LogP contribution in [0, 0.1) is 5.92 Å². The molecule has 0 spiro atoms. The number of ether oxygens (including phenoxy) is 1. The number of carbonyl (C=O) groups is 1. The molecule has 1 saturated heterocycles. The molecule has 3 atom stereocenters. The molecule has 0 N–H and O–H groups in total. The number of halogens is 1. The molecule has 0 bridgehead atoms. The molecule has 0 aromatic heterocycles. The maximum absolute atomic E-state index is 13.5. The minimum atomic E-state index is -0.198. The van der Waals surface area contributed by atoms with E-state index in [0.717, 1.165) is 19.3 Å². The number of likely N-dealkylation sites (tertiary alicyclic amines) is 1. The summed E-state index contributed by atoms with van der Waals surface area (Å²) in [5.74, 6) is 0.939.